The van der Waals surface area contributed by atoms with Gasteiger partial charge in [0.25, 0.3) is 0 Å². The van der Waals surface area contributed by atoms with Crippen LogP contribution >= 0.6 is 31.9 Å². The lowest BCUT2D eigenvalue weighted by molar-refractivity contribution is 0.479. The number of rotatable bonds is 3. The molecule has 0 saturated heterocycles. The molecule has 2 rings (SSSR count). The van der Waals surface area contributed by atoms with E-state index in [1.54, 1.807) is 18.2 Å². The Morgan fingerprint density at radius 2 is 1.72 bits per heavy atom. The SMILES string of the molecule is N=C(N)c1ccc(Oc2ccc(Br)cc2)c(Br)c1. The van der Waals surface area contributed by atoms with Crippen LogP contribution in [0.3, 0.4) is 0 Å². The van der Waals surface area contributed by atoms with E-state index < -0.39 is 0 Å². The molecule has 0 heterocycles. The first-order chi connectivity index (χ1) is 8.56. The van der Waals surface area contributed by atoms with E-state index in [1.807, 2.05) is 24.3 Å². The lowest BCUT2D eigenvalue weighted by Gasteiger charge is -2.09. The lowest BCUT2D eigenvalue weighted by atomic mass is 10.2. The number of amidine groups is 1. The summed E-state index contributed by atoms with van der Waals surface area (Å²) in [4.78, 5) is 0. The van der Waals surface area contributed by atoms with Gasteiger partial charge in [-0.3, -0.25) is 5.41 Å². The fourth-order valence-corrected chi connectivity index (χ4v) is 2.10. The topological polar surface area (TPSA) is 59.1 Å². The average Bonchev–Trinajstić information content (AvgIpc) is 2.34. The van der Waals surface area contributed by atoms with E-state index in [-0.39, 0.29) is 5.84 Å². The maximum absolute atomic E-state index is 7.36. The Morgan fingerprint density at radius 1 is 1.06 bits per heavy atom. The number of ether oxygens (including phenoxy) is 1. The minimum atomic E-state index is 0.0332. The second-order valence-corrected chi connectivity index (χ2v) is 5.38. The molecule has 0 fully saturated rings. The zero-order valence-corrected chi connectivity index (χ0v) is 12.5. The monoisotopic (exact) mass is 368 g/mol. The van der Waals surface area contributed by atoms with Gasteiger partial charge in [-0.1, -0.05) is 15.9 Å². The Kier molecular flexibility index (Phi) is 4.04. The summed E-state index contributed by atoms with van der Waals surface area (Å²) in [6.45, 7) is 0. The van der Waals surface area contributed by atoms with E-state index in [4.69, 9.17) is 15.9 Å². The fraction of sp³-hybridized carbons (Fsp3) is 0. The molecule has 3 N–H and O–H groups in total. The molecule has 3 nitrogen and oxygen atoms in total. The van der Waals surface area contributed by atoms with Crippen molar-refractivity contribution in [1.82, 2.24) is 0 Å². The van der Waals surface area contributed by atoms with E-state index in [9.17, 15) is 0 Å². The number of hydrogen-bond acceptors (Lipinski definition) is 2. The highest BCUT2D eigenvalue weighted by Gasteiger charge is 2.05. The second-order valence-electron chi connectivity index (χ2n) is 3.61. The van der Waals surface area contributed by atoms with Crippen LogP contribution in [0.4, 0.5) is 0 Å². The van der Waals surface area contributed by atoms with Crippen LogP contribution in [0.2, 0.25) is 0 Å². The molecular formula is C13H10Br2N2O. The third-order valence-corrected chi connectivity index (χ3v) is 3.43. The Hall–Kier alpha value is -1.33. The number of nitrogens with one attached hydrogen (secondary N) is 1. The van der Waals surface area contributed by atoms with Gasteiger partial charge in [0.15, 0.2) is 0 Å². The minimum Gasteiger partial charge on any atom is -0.456 e. The maximum Gasteiger partial charge on any atom is 0.141 e. The first-order valence-corrected chi connectivity index (χ1v) is 6.72. The molecule has 5 heteroatoms. The van der Waals surface area contributed by atoms with E-state index in [0.717, 1.165) is 14.7 Å². The molecule has 0 aliphatic heterocycles. The van der Waals surface area contributed by atoms with E-state index in [0.29, 0.717) is 11.3 Å². The van der Waals surface area contributed by atoms with Gasteiger partial charge in [-0.15, -0.1) is 0 Å². The summed E-state index contributed by atoms with van der Waals surface area (Å²) in [5.74, 6) is 1.46. The largest absolute Gasteiger partial charge is 0.456 e. The standard InChI is InChI=1S/C13H10Br2N2O/c14-9-2-4-10(5-3-9)18-12-6-1-8(13(16)17)7-11(12)15/h1-7H,(H3,16,17). The average molecular weight is 370 g/mol. The molecule has 92 valence electrons. The van der Waals surface area contributed by atoms with Gasteiger partial charge >= 0.3 is 0 Å². The van der Waals surface area contributed by atoms with Gasteiger partial charge in [0.2, 0.25) is 0 Å². The van der Waals surface area contributed by atoms with Gasteiger partial charge in [-0.05, 0) is 58.4 Å². The van der Waals surface area contributed by atoms with E-state index in [1.165, 1.54) is 0 Å². The van der Waals surface area contributed by atoms with E-state index >= 15 is 0 Å². The molecule has 0 aliphatic carbocycles. The first kappa shape index (κ1) is 13.1. The molecule has 0 aliphatic rings. The van der Waals surface area contributed by atoms with Crippen LogP contribution in [-0.4, -0.2) is 5.84 Å². The highest BCUT2D eigenvalue weighted by molar-refractivity contribution is 9.10. The molecule has 0 bridgehead atoms. The molecule has 0 radical (unpaired) electrons. The molecular weight excluding hydrogens is 360 g/mol. The molecule has 0 aromatic heterocycles. The summed E-state index contributed by atoms with van der Waals surface area (Å²) >= 11 is 6.77. The highest BCUT2D eigenvalue weighted by Crippen LogP contribution is 2.30. The lowest BCUT2D eigenvalue weighted by Crippen LogP contribution is -2.10. The number of nitrogens with two attached hydrogens (primary N) is 1. The predicted octanol–water partition coefficient (Wildman–Crippen LogP) is 4.29. The van der Waals surface area contributed by atoms with Crippen molar-refractivity contribution < 1.29 is 4.74 Å². The molecule has 18 heavy (non-hydrogen) atoms. The summed E-state index contributed by atoms with van der Waals surface area (Å²) in [6.07, 6.45) is 0. The van der Waals surface area contributed by atoms with Crippen LogP contribution in [-0.2, 0) is 0 Å². The molecule has 0 amide bonds. The van der Waals surface area contributed by atoms with Gasteiger partial charge < -0.3 is 10.5 Å². The summed E-state index contributed by atoms with van der Waals surface area (Å²) in [6, 6.07) is 12.9. The van der Waals surface area contributed by atoms with Gasteiger partial charge in [-0.2, -0.15) is 0 Å². The quantitative estimate of drug-likeness (QED) is 0.626. The van der Waals surface area contributed by atoms with Crippen molar-refractivity contribution in [2.45, 2.75) is 0 Å². The summed E-state index contributed by atoms with van der Waals surface area (Å²) in [5, 5.41) is 7.36. The fourth-order valence-electron chi connectivity index (χ4n) is 1.38. The normalized spacial score (nSPS) is 10.1. The minimum absolute atomic E-state index is 0.0332. The van der Waals surface area contributed by atoms with Gasteiger partial charge in [0.05, 0.1) is 4.47 Å². The molecule has 2 aromatic carbocycles. The molecule has 0 atom stereocenters. The van der Waals surface area contributed by atoms with Gasteiger partial charge in [0, 0.05) is 10.0 Å². The predicted molar refractivity (Wildman–Crippen MR) is 79.4 cm³/mol. The van der Waals surface area contributed by atoms with Crippen LogP contribution in [0, 0.1) is 5.41 Å². The molecule has 0 spiro atoms. The Labute approximate surface area is 122 Å². The third-order valence-electron chi connectivity index (χ3n) is 2.28. The van der Waals surface area contributed by atoms with Crippen LogP contribution in [0.5, 0.6) is 11.5 Å². The first-order valence-electron chi connectivity index (χ1n) is 5.13. The van der Waals surface area contributed by atoms with Crippen molar-refractivity contribution in [2.75, 3.05) is 0 Å². The third kappa shape index (κ3) is 3.11. The van der Waals surface area contributed by atoms with Crippen LogP contribution in [0.1, 0.15) is 5.56 Å². The van der Waals surface area contributed by atoms with Crippen LogP contribution < -0.4 is 10.5 Å². The maximum atomic E-state index is 7.36. The van der Waals surface area contributed by atoms with Crippen LogP contribution in [0.25, 0.3) is 0 Å². The Balaban J connectivity index is 2.24. The Morgan fingerprint density at radius 3 is 2.28 bits per heavy atom. The van der Waals surface area contributed by atoms with Crippen molar-refractivity contribution in [1.29, 1.82) is 5.41 Å². The van der Waals surface area contributed by atoms with Crippen molar-refractivity contribution in [2.24, 2.45) is 5.73 Å². The summed E-state index contributed by atoms with van der Waals surface area (Å²) in [7, 11) is 0. The zero-order chi connectivity index (χ0) is 13.1. The van der Waals surface area contributed by atoms with Crippen molar-refractivity contribution in [3.8, 4) is 11.5 Å². The zero-order valence-electron chi connectivity index (χ0n) is 9.28. The van der Waals surface area contributed by atoms with Gasteiger partial charge in [-0.25, -0.2) is 0 Å². The van der Waals surface area contributed by atoms with Crippen molar-refractivity contribution >= 4 is 37.7 Å². The molecule has 0 saturated carbocycles. The second kappa shape index (κ2) is 5.54. The summed E-state index contributed by atoms with van der Waals surface area (Å²) < 4.78 is 7.48. The van der Waals surface area contributed by atoms with Crippen molar-refractivity contribution in [3.63, 3.8) is 0 Å². The van der Waals surface area contributed by atoms with E-state index in [2.05, 4.69) is 31.9 Å². The highest BCUT2D eigenvalue weighted by atomic mass is 79.9. The van der Waals surface area contributed by atoms with Gasteiger partial charge in [0.1, 0.15) is 17.3 Å². The smallest absolute Gasteiger partial charge is 0.141 e. The molecule has 2 aromatic rings. The number of benzene rings is 2. The summed E-state index contributed by atoms with van der Waals surface area (Å²) in [5.41, 5.74) is 6.08. The van der Waals surface area contributed by atoms with Crippen LogP contribution in [0.15, 0.2) is 51.4 Å². The number of halogens is 2. The Bertz CT molecular complexity index is 582. The number of hydrogen-bond donors (Lipinski definition) is 2. The molecule has 0 unspecified atom stereocenters. The number of nitrogen functional groups attached to an aromatic ring is 1. The van der Waals surface area contributed by atoms with Crippen molar-refractivity contribution in [3.05, 3.63) is 57.0 Å².